The van der Waals surface area contributed by atoms with Crippen LogP contribution in [0, 0.1) is 11.8 Å². The van der Waals surface area contributed by atoms with Crippen molar-refractivity contribution < 1.29 is 24.5 Å². The number of methoxy groups -OCH3 is 1. The number of nitrogens with zero attached hydrogens (tertiary/aromatic N) is 1. The van der Waals surface area contributed by atoms with Crippen molar-refractivity contribution >= 4 is 6.03 Å². The van der Waals surface area contributed by atoms with Gasteiger partial charge in [0.2, 0.25) is 0 Å². The predicted molar refractivity (Wildman–Crippen MR) is 117 cm³/mol. The maximum Gasteiger partial charge on any atom is 0.317 e. The summed E-state index contributed by atoms with van der Waals surface area (Å²) in [5, 5.41) is 23.5. The van der Waals surface area contributed by atoms with Crippen LogP contribution in [-0.2, 0) is 9.47 Å². The molecule has 0 radical (unpaired) electrons. The zero-order valence-corrected chi connectivity index (χ0v) is 19.4. The minimum atomic E-state index is -0.600. The summed E-state index contributed by atoms with van der Waals surface area (Å²) in [6.45, 7) is 5.44. The number of carbonyl (C=O) groups is 1. The Labute approximate surface area is 182 Å². The van der Waals surface area contributed by atoms with E-state index in [-0.39, 0.29) is 42.8 Å². The minimum absolute atomic E-state index is 0.000773. The molecule has 7 nitrogen and oxygen atoms in total. The minimum Gasteiger partial charge on any atom is -0.393 e. The summed E-state index contributed by atoms with van der Waals surface area (Å²) in [5.41, 5.74) is 0. The highest BCUT2D eigenvalue weighted by atomic mass is 16.5. The Balaban J connectivity index is 1.77. The lowest BCUT2D eigenvalue weighted by Gasteiger charge is -2.36. The van der Waals surface area contributed by atoms with Crippen LogP contribution in [0.25, 0.3) is 0 Å². The fraction of sp³-hybridized carbons (Fsp3) is 0.957. The Morgan fingerprint density at radius 2 is 1.93 bits per heavy atom. The molecule has 0 spiro atoms. The van der Waals surface area contributed by atoms with Crippen molar-refractivity contribution in [3.8, 4) is 0 Å². The predicted octanol–water partition coefficient (Wildman–Crippen LogP) is 2.93. The lowest BCUT2D eigenvalue weighted by Crippen LogP contribution is -2.51. The zero-order chi connectivity index (χ0) is 22.1. The van der Waals surface area contributed by atoms with Crippen LogP contribution in [-0.4, -0.2) is 78.9 Å². The van der Waals surface area contributed by atoms with Gasteiger partial charge in [0.05, 0.1) is 24.4 Å². The molecular formula is C23H44N2O5. The molecule has 2 fully saturated rings. The average molecular weight is 429 g/mol. The molecule has 0 bridgehead atoms. The second kappa shape index (κ2) is 12.8. The molecule has 30 heavy (non-hydrogen) atoms. The molecule has 2 aliphatic carbocycles. The van der Waals surface area contributed by atoms with Crippen molar-refractivity contribution in [1.82, 2.24) is 10.2 Å². The average Bonchev–Trinajstić information content (AvgIpc) is 2.71. The summed E-state index contributed by atoms with van der Waals surface area (Å²) in [7, 11) is 3.45. The van der Waals surface area contributed by atoms with Crippen LogP contribution in [0.3, 0.4) is 0 Å². The molecule has 3 N–H and O–H groups in total. The first-order valence-electron chi connectivity index (χ1n) is 11.8. The van der Waals surface area contributed by atoms with Gasteiger partial charge in [-0.05, 0) is 63.2 Å². The van der Waals surface area contributed by atoms with E-state index in [1.807, 2.05) is 0 Å². The molecule has 6 atom stereocenters. The molecule has 0 aromatic carbocycles. The van der Waals surface area contributed by atoms with E-state index in [0.29, 0.717) is 12.3 Å². The van der Waals surface area contributed by atoms with Crippen molar-refractivity contribution in [3.63, 3.8) is 0 Å². The van der Waals surface area contributed by atoms with Crippen LogP contribution in [0.5, 0.6) is 0 Å². The fourth-order valence-corrected chi connectivity index (χ4v) is 4.75. The Bertz CT molecular complexity index is 504. The van der Waals surface area contributed by atoms with Crippen molar-refractivity contribution in [2.75, 3.05) is 27.3 Å². The SMILES string of the molecule is COC1CCC(NC(=O)N(C)C[C@@H](O)C2CCCC(O)C2)CC1OCCCC(C)C. The van der Waals surface area contributed by atoms with Crippen LogP contribution in [0.1, 0.15) is 71.6 Å². The van der Waals surface area contributed by atoms with Gasteiger partial charge in [-0.2, -0.15) is 0 Å². The molecule has 2 amide bonds. The number of likely N-dealkylation sites (N-methyl/N-ethyl adjacent to an activating group) is 1. The quantitative estimate of drug-likeness (QED) is 0.466. The monoisotopic (exact) mass is 428 g/mol. The van der Waals surface area contributed by atoms with E-state index in [0.717, 1.165) is 58.0 Å². The largest absolute Gasteiger partial charge is 0.393 e. The highest BCUT2D eigenvalue weighted by molar-refractivity contribution is 5.74. The molecule has 0 heterocycles. The topological polar surface area (TPSA) is 91.3 Å². The molecule has 2 rings (SSSR count). The maximum absolute atomic E-state index is 12.7. The Morgan fingerprint density at radius 1 is 1.17 bits per heavy atom. The Kier molecular flexibility index (Phi) is 10.9. The summed E-state index contributed by atoms with van der Waals surface area (Å²) in [5.74, 6) is 0.734. The van der Waals surface area contributed by atoms with Gasteiger partial charge in [0.25, 0.3) is 0 Å². The van der Waals surface area contributed by atoms with E-state index < -0.39 is 6.10 Å². The van der Waals surface area contributed by atoms with E-state index in [4.69, 9.17) is 9.47 Å². The molecule has 176 valence electrons. The smallest absolute Gasteiger partial charge is 0.317 e. The number of aliphatic hydroxyl groups excluding tert-OH is 2. The van der Waals surface area contributed by atoms with Gasteiger partial charge in [0, 0.05) is 33.4 Å². The van der Waals surface area contributed by atoms with Gasteiger partial charge < -0.3 is 29.9 Å². The highest BCUT2D eigenvalue weighted by Gasteiger charge is 2.33. The number of carbonyl (C=O) groups excluding carboxylic acids is 1. The van der Waals surface area contributed by atoms with Gasteiger partial charge in [0.1, 0.15) is 0 Å². The van der Waals surface area contributed by atoms with Crippen LogP contribution >= 0.6 is 0 Å². The molecule has 7 heteroatoms. The van der Waals surface area contributed by atoms with E-state index in [1.165, 1.54) is 0 Å². The molecule has 0 aliphatic heterocycles. The molecular weight excluding hydrogens is 384 g/mol. The third kappa shape index (κ3) is 8.33. The zero-order valence-electron chi connectivity index (χ0n) is 19.4. The Hall–Kier alpha value is -0.890. The molecule has 2 aliphatic rings. The van der Waals surface area contributed by atoms with Gasteiger partial charge >= 0.3 is 6.03 Å². The first kappa shape index (κ1) is 25.4. The molecule has 2 saturated carbocycles. The summed E-state index contributed by atoms with van der Waals surface area (Å²) < 4.78 is 11.7. The van der Waals surface area contributed by atoms with E-state index in [1.54, 1.807) is 19.1 Å². The maximum atomic E-state index is 12.7. The summed E-state index contributed by atoms with van der Waals surface area (Å²) in [4.78, 5) is 14.2. The summed E-state index contributed by atoms with van der Waals surface area (Å²) in [6.07, 6.45) is 7.08. The van der Waals surface area contributed by atoms with Crippen LogP contribution in [0.15, 0.2) is 0 Å². The van der Waals surface area contributed by atoms with Crippen molar-refractivity contribution in [2.24, 2.45) is 11.8 Å². The molecule has 0 saturated heterocycles. The number of ether oxygens (including phenoxy) is 2. The third-order valence-corrected chi connectivity index (χ3v) is 6.66. The van der Waals surface area contributed by atoms with Crippen LogP contribution < -0.4 is 5.32 Å². The lowest BCUT2D eigenvalue weighted by atomic mass is 9.83. The second-order valence-electron chi connectivity index (χ2n) is 9.71. The Morgan fingerprint density at radius 3 is 2.60 bits per heavy atom. The number of urea groups is 1. The van der Waals surface area contributed by atoms with Gasteiger partial charge in [-0.15, -0.1) is 0 Å². The summed E-state index contributed by atoms with van der Waals surface area (Å²) >= 11 is 0. The highest BCUT2D eigenvalue weighted by Crippen LogP contribution is 2.28. The van der Waals surface area contributed by atoms with Crippen molar-refractivity contribution in [3.05, 3.63) is 0 Å². The van der Waals surface area contributed by atoms with Gasteiger partial charge in [0.15, 0.2) is 0 Å². The van der Waals surface area contributed by atoms with E-state index in [9.17, 15) is 15.0 Å². The first-order chi connectivity index (χ1) is 14.3. The number of rotatable bonds is 10. The fourth-order valence-electron chi connectivity index (χ4n) is 4.75. The number of hydrogen-bond acceptors (Lipinski definition) is 5. The number of nitrogens with one attached hydrogen (secondary N) is 1. The van der Waals surface area contributed by atoms with E-state index >= 15 is 0 Å². The second-order valence-corrected chi connectivity index (χ2v) is 9.71. The molecule has 0 aromatic heterocycles. The molecule has 5 unspecified atom stereocenters. The van der Waals surface area contributed by atoms with Gasteiger partial charge in [-0.1, -0.05) is 20.3 Å². The third-order valence-electron chi connectivity index (χ3n) is 6.66. The van der Waals surface area contributed by atoms with Crippen molar-refractivity contribution in [2.45, 2.75) is 102 Å². The normalized spacial score (nSPS) is 30.8. The first-order valence-corrected chi connectivity index (χ1v) is 11.8. The number of hydrogen-bond donors (Lipinski definition) is 3. The van der Waals surface area contributed by atoms with E-state index in [2.05, 4.69) is 19.2 Å². The standard InChI is InChI=1S/C23H44N2O5/c1-16(2)7-6-12-30-22-14-18(10-11-21(22)29-4)24-23(28)25(3)15-20(27)17-8-5-9-19(26)13-17/h16-22,26-27H,5-15H2,1-4H3,(H,24,28)/t17?,18?,19?,20-,21?,22?/m1/s1. The summed E-state index contributed by atoms with van der Waals surface area (Å²) in [6, 6.07) is -0.111. The van der Waals surface area contributed by atoms with Gasteiger partial charge in [-0.3, -0.25) is 0 Å². The van der Waals surface area contributed by atoms with Crippen LogP contribution in [0.4, 0.5) is 4.79 Å². The van der Waals surface area contributed by atoms with Crippen LogP contribution in [0.2, 0.25) is 0 Å². The molecule has 0 aromatic rings. The lowest BCUT2D eigenvalue weighted by molar-refractivity contribution is -0.0829. The van der Waals surface area contributed by atoms with Gasteiger partial charge in [-0.25, -0.2) is 4.79 Å². The van der Waals surface area contributed by atoms with Crippen molar-refractivity contribution in [1.29, 1.82) is 0 Å². The number of aliphatic hydroxyl groups is 2. The number of amides is 2.